The van der Waals surface area contributed by atoms with Crippen LogP contribution in [0.2, 0.25) is 0 Å². The minimum absolute atomic E-state index is 0.176. The van der Waals surface area contributed by atoms with E-state index in [9.17, 15) is 0 Å². The fourth-order valence-electron chi connectivity index (χ4n) is 3.15. The Morgan fingerprint density at radius 3 is 2.45 bits per heavy atom. The molecule has 3 heterocycles. The average Bonchev–Trinajstić information content (AvgIpc) is 2.64. The van der Waals surface area contributed by atoms with E-state index in [1.165, 1.54) is 4.88 Å². The molecule has 20 heavy (non-hydrogen) atoms. The zero-order chi connectivity index (χ0) is 14.5. The molecule has 0 atom stereocenters. The third-order valence-electron chi connectivity index (χ3n) is 3.43. The van der Waals surface area contributed by atoms with Gasteiger partial charge in [0.15, 0.2) is 0 Å². The number of anilines is 1. The molecule has 2 aromatic heterocycles. The molecule has 0 radical (unpaired) electrons. The van der Waals surface area contributed by atoms with Crippen molar-refractivity contribution in [3.05, 3.63) is 17.3 Å². The lowest BCUT2D eigenvalue weighted by Crippen LogP contribution is -2.57. The Balaban J connectivity index is 2.06. The fourth-order valence-corrected chi connectivity index (χ4v) is 3.99. The van der Waals surface area contributed by atoms with Gasteiger partial charge in [-0.15, -0.1) is 11.3 Å². The molecule has 0 bridgehead atoms. The molecular weight excluding hydrogens is 270 g/mol. The van der Waals surface area contributed by atoms with Crippen LogP contribution in [0.25, 0.3) is 10.2 Å². The third-order valence-corrected chi connectivity index (χ3v) is 4.39. The highest BCUT2D eigenvalue weighted by atomic mass is 32.1. The maximum Gasteiger partial charge on any atom is 0.140 e. The second-order valence-electron chi connectivity index (χ2n) is 6.75. The number of ether oxygens (including phenoxy) is 1. The van der Waals surface area contributed by atoms with Gasteiger partial charge in [-0.25, -0.2) is 9.97 Å². The summed E-state index contributed by atoms with van der Waals surface area (Å²) in [4.78, 5) is 13.6. The van der Waals surface area contributed by atoms with Crippen LogP contribution in [0.5, 0.6) is 0 Å². The van der Waals surface area contributed by atoms with Crippen molar-refractivity contribution in [3.8, 4) is 0 Å². The summed E-state index contributed by atoms with van der Waals surface area (Å²) in [6, 6.07) is 2.19. The molecule has 0 aromatic carbocycles. The number of fused-ring (bicyclic) bond motifs is 1. The molecule has 0 N–H and O–H groups in total. The summed E-state index contributed by atoms with van der Waals surface area (Å²) in [5.74, 6) is 1.03. The van der Waals surface area contributed by atoms with E-state index in [0.29, 0.717) is 0 Å². The van der Waals surface area contributed by atoms with Crippen molar-refractivity contribution in [2.45, 2.75) is 45.8 Å². The molecular formula is C15H21N3OS. The van der Waals surface area contributed by atoms with Crippen LogP contribution in [-0.4, -0.2) is 34.3 Å². The van der Waals surface area contributed by atoms with E-state index < -0.39 is 0 Å². The Hall–Kier alpha value is -1.20. The number of hydrogen-bond acceptors (Lipinski definition) is 5. The second kappa shape index (κ2) is 4.40. The number of morpholine rings is 1. The molecule has 1 saturated heterocycles. The first-order chi connectivity index (χ1) is 9.26. The van der Waals surface area contributed by atoms with Gasteiger partial charge < -0.3 is 9.64 Å². The lowest BCUT2D eigenvalue weighted by Gasteiger charge is -2.47. The van der Waals surface area contributed by atoms with E-state index in [-0.39, 0.29) is 11.2 Å². The fraction of sp³-hybridized carbons (Fsp3) is 0.600. The Labute approximate surface area is 123 Å². The molecule has 1 aliphatic heterocycles. The number of hydrogen-bond donors (Lipinski definition) is 0. The van der Waals surface area contributed by atoms with Crippen molar-refractivity contribution < 1.29 is 4.74 Å². The molecule has 3 rings (SSSR count). The van der Waals surface area contributed by atoms with Crippen LogP contribution in [0.3, 0.4) is 0 Å². The molecule has 1 fully saturated rings. The van der Waals surface area contributed by atoms with Crippen LogP contribution < -0.4 is 4.90 Å². The van der Waals surface area contributed by atoms with Gasteiger partial charge >= 0.3 is 0 Å². The van der Waals surface area contributed by atoms with Gasteiger partial charge in [0.2, 0.25) is 0 Å². The van der Waals surface area contributed by atoms with Crippen LogP contribution in [0.15, 0.2) is 12.4 Å². The Kier molecular flexibility index (Phi) is 3.03. The number of nitrogens with zero attached hydrogens (tertiary/aromatic N) is 3. The Bertz CT molecular complexity index is 632. The average molecular weight is 291 g/mol. The zero-order valence-corrected chi connectivity index (χ0v) is 13.5. The number of aryl methyl sites for hydroxylation is 1. The maximum absolute atomic E-state index is 6.15. The van der Waals surface area contributed by atoms with Gasteiger partial charge in [0, 0.05) is 18.0 Å². The molecule has 2 aromatic rings. The monoisotopic (exact) mass is 291 g/mol. The van der Waals surface area contributed by atoms with Crippen molar-refractivity contribution >= 4 is 27.4 Å². The van der Waals surface area contributed by atoms with E-state index in [4.69, 9.17) is 4.74 Å². The lowest BCUT2D eigenvalue weighted by molar-refractivity contribution is -0.133. The molecule has 0 aliphatic carbocycles. The largest absolute Gasteiger partial charge is 0.366 e. The zero-order valence-electron chi connectivity index (χ0n) is 12.7. The molecule has 5 heteroatoms. The molecule has 0 unspecified atom stereocenters. The van der Waals surface area contributed by atoms with Crippen LogP contribution in [0.1, 0.15) is 32.6 Å². The normalized spacial score (nSPS) is 21.4. The van der Waals surface area contributed by atoms with E-state index in [2.05, 4.69) is 55.6 Å². The van der Waals surface area contributed by atoms with Gasteiger partial charge in [-0.1, -0.05) is 0 Å². The minimum Gasteiger partial charge on any atom is -0.366 e. The van der Waals surface area contributed by atoms with Gasteiger partial charge in [-0.2, -0.15) is 0 Å². The maximum atomic E-state index is 6.15. The van der Waals surface area contributed by atoms with E-state index in [1.807, 2.05) is 0 Å². The van der Waals surface area contributed by atoms with E-state index in [0.717, 1.165) is 29.1 Å². The van der Waals surface area contributed by atoms with Crippen molar-refractivity contribution in [2.75, 3.05) is 18.0 Å². The Morgan fingerprint density at radius 2 is 1.80 bits per heavy atom. The topological polar surface area (TPSA) is 38.2 Å². The summed E-state index contributed by atoms with van der Waals surface area (Å²) in [5.41, 5.74) is -0.353. The molecule has 4 nitrogen and oxygen atoms in total. The number of thiophene rings is 1. The smallest absolute Gasteiger partial charge is 0.140 e. The van der Waals surface area contributed by atoms with Crippen molar-refractivity contribution in [1.29, 1.82) is 0 Å². The predicted octanol–water partition coefficient (Wildman–Crippen LogP) is 3.39. The summed E-state index contributed by atoms with van der Waals surface area (Å²) >= 11 is 1.72. The van der Waals surface area contributed by atoms with Gasteiger partial charge in [0.1, 0.15) is 17.0 Å². The summed E-state index contributed by atoms with van der Waals surface area (Å²) in [6.07, 6.45) is 1.67. The molecule has 108 valence electrons. The highest BCUT2D eigenvalue weighted by molar-refractivity contribution is 7.18. The molecule has 0 amide bonds. The predicted molar refractivity (Wildman–Crippen MR) is 83.6 cm³/mol. The standard InChI is InChI=1S/C15H21N3OS/c1-10-6-11-12(16-9-17-13(11)20-10)18-7-14(2,3)19-15(4,5)8-18/h6,9H,7-8H2,1-5H3. The first-order valence-electron chi connectivity index (χ1n) is 6.92. The van der Waals surface area contributed by atoms with Crippen LogP contribution >= 0.6 is 11.3 Å². The molecule has 0 saturated carbocycles. The first kappa shape index (κ1) is 13.8. The minimum atomic E-state index is -0.176. The summed E-state index contributed by atoms with van der Waals surface area (Å²) < 4.78 is 6.15. The summed E-state index contributed by atoms with van der Waals surface area (Å²) in [5, 5.41) is 1.16. The first-order valence-corrected chi connectivity index (χ1v) is 7.74. The summed E-state index contributed by atoms with van der Waals surface area (Å²) in [7, 11) is 0. The van der Waals surface area contributed by atoms with Gasteiger partial charge in [0.25, 0.3) is 0 Å². The van der Waals surface area contributed by atoms with Crippen LogP contribution in [0, 0.1) is 6.92 Å². The van der Waals surface area contributed by atoms with Crippen molar-refractivity contribution in [1.82, 2.24) is 9.97 Å². The van der Waals surface area contributed by atoms with Crippen molar-refractivity contribution in [2.24, 2.45) is 0 Å². The van der Waals surface area contributed by atoms with Crippen LogP contribution in [0.4, 0.5) is 5.82 Å². The lowest BCUT2D eigenvalue weighted by atomic mass is 9.99. The van der Waals surface area contributed by atoms with Gasteiger partial charge in [-0.05, 0) is 40.7 Å². The number of aromatic nitrogens is 2. The van der Waals surface area contributed by atoms with Crippen molar-refractivity contribution in [3.63, 3.8) is 0 Å². The van der Waals surface area contributed by atoms with Crippen LogP contribution in [-0.2, 0) is 4.74 Å². The third kappa shape index (κ3) is 2.52. The highest BCUT2D eigenvalue weighted by Gasteiger charge is 2.39. The molecule has 1 aliphatic rings. The Morgan fingerprint density at radius 1 is 1.15 bits per heavy atom. The van der Waals surface area contributed by atoms with E-state index >= 15 is 0 Å². The summed E-state index contributed by atoms with van der Waals surface area (Å²) in [6.45, 7) is 12.4. The van der Waals surface area contributed by atoms with Gasteiger partial charge in [-0.3, -0.25) is 0 Å². The molecule has 0 spiro atoms. The SMILES string of the molecule is Cc1cc2c(N3CC(C)(C)OC(C)(C)C3)ncnc2s1. The number of rotatable bonds is 1. The second-order valence-corrected chi connectivity index (χ2v) is 7.99. The highest BCUT2D eigenvalue weighted by Crippen LogP contribution is 2.35. The quantitative estimate of drug-likeness (QED) is 0.807. The van der Waals surface area contributed by atoms with Gasteiger partial charge in [0.05, 0.1) is 16.6 Å². The van der Waals surface area contributed by atoms with E-state index in [1.54, 1.807) is 17.7 Å².